The molecule has 112 valence electrons. The minimum atomic E-state index is -0.463. The molecule has 1 aromatic carbocycles. The number of hydrogen-bond acceptors (Lipinski definition) is 4. The van der Waals surface area contributed by atoms with Crippen LogP contribution in [0.15, 0.2) is 24.3 Å². The Bertz CT molecular complexity index is 553. The smallest absolute Gasteiger partial charge is 0.251 e. The molecule has 2 aliphatic heterocycles. The second-order valence-corrected chi connectivity index (χ2v) is 5.53. The lowest BCUT2D eigenvalue weighted by molar-refractivity contribution is -0.123. The Kier molecular flexibility index (Phi) is 3.73. The van der Waals surface area contributed by atoms with Crippen molar-refractivity contribution in [3.8, 4) is 0 Å². The van der Waals surface area contributed by atoms with E-state index in [1.54, 1.807) is 0 Å². The highest BCUT2D eigenvalue weighted by Crippen LogP contribution is 2.27. The van der Waals surface area contributed by atoms with Gasteiger partial charge in [0.1, 0.15) is 5.82 Å². The average molecular weight is 292 g/mol. The van der Waals surface area contributed by atoms with Crippen LogP contribution in [0, 0.1) is 5.82 Å². The highest BCUT2D eigenvalue weighted by molar-refractivity contribution is 6.22. The molecule has 0 aliphatic carbocycles. The van der Waals surface area contributed by atoms with Gasteiger partial charge >= 0.3 is 0 Å². The van der Waals surface area contributed by atoms with Crippen molar-refractivity contribution in [2.24, 2.45) is 0 Å². The quantitative estimate of drug-likeness (QED) is 0.823. The van der Waals surface area contributed by atoms with E-state index >= 15 is 0 Å². The van der Waals surface area contributed by atoms with Crippen LogP contribution >= 0.6 is 0 Å². The number of carbonyl (C=O) groups is 2. The number of amides is 2. The van der Waals surface area contributed by atoms with Gasteiger partial charge in [-0.05, 0) is 37.1 Å². The van der Waals surface area contributed by atoms with Crippen molar-refractivity contribution in [1.82, 2.24) is 4.90 Å². The van der Waals surface area contributed by atoms with Crippen molar-refractivity contribution in [3.05, 3.63) is 30.1 Å². The summed E-state index contributed by atoms with van der Waals surface area (Å²) in [6.07, 6.45) is 1.07. The maximum Gasteiger partial charge on any atom is 0.251 e. The normalized spacial score (nSPS) is 24.9. The zero-order valence-corrected chi connectivity index (χ0v) is 11.5. The van der Waals surface area contributed by atoms with Gasteiger partial charge in [-0.15, -0.1) is 0 Å². The van der Waals surface area contributed by atoms with E-state index in [0.717, 1.165) is 4.90 Å². The summed E-state index contributed by atoms with van der Waals surface area (Å²) in [6.45, 7) is 1.23. The third kappa shape index (κ3) is 2.69. The number of rotatable bonds is 2. The van der Waals surface area contributed by atoms with Crippen molar-refractivity contribution in [2.75, 3.05) is 18.0 Å². The molecule has 3 rings (SSSR count). The number of piperidine rings is 1. The predicted octanol–water partition coefficient (Wildman–Crippen LogP) is 0.914. The molecule has 1 N–H and O–H groups in total. The summed E-state index contributed by atoms with van der Waals surface area (Å²) >= 11 is 0. The summed E-state index contributed by atoms with van der Waals surface area (Å²) in [5.74, 6) is -0.926. The van der Waals surface area contributed by atoms with E-state index in [9.17, 15) is 19.1 Å². The molecule has 0 bridgehead atoms. The molecule has 21 heavy (non-hydrogen) atoms. The van der Waals surface area contributed by atoms with Gasteiger partial charge in [0.05, 0.1) is 24.3 Å². The molecule has 5 nitrogen and oxygen atoms in total. The van der Waals surface area contributed by atoms with Crippen LogP contribution < -0.4 is 4.90 Å². The number of nitrogens with zero attached hydrogens (tertiary/aromatic N) is 2. The first kappa shape index (κ1) is 14.2. The Balaban J connectivity index is 1.77. The topological polar surface area (TPSA) is 60.9 Å². The number of benzene rings is 1. The van der Waals surface area contributed by atoms with Crippen molar-refractivity contribution >= 4 is 17.5 Å². The maximum absolute atomic E-state index is 13.0. The number of carbonyl (C=O) groups excluding carboxylic acids is 2. The monoisotopic (exact) mass is 292 g/mol. The molecule has 0 spiro atoms. The van der Waals surface area contributed by atoms with Gasteiger partial charge in [-0.25, -0.2) is 9.29 Å². The molecule has 2 amide bonds. The lowest BCUT2D eigenvalue weighted by atomic mass is 10.1. The Morgan fingerprint density at radius 3 is 2.33 bits per heavy atom. The summed E-state index contributed by atoms with van der Waals surface area (Å²) in [7, 11) is 0. The van der Waals surface area contributed by atoms with E-state index in [4.69, 9.17) is 0 Å². The van der Waals surface area contributed by atoms with Gasteiger partial charge in [-0.2, -0.15) is 0 Å². The van der Waals surface area contributed by atoms with Crippen LogP contribution in [-0.2, 0) is 9.59 Å². The first-order valence-electron chi connectivity index (χ1n) is 7.11. The van der Waals surface area contributed by atoms with E-state index in [-0.39, 0.29) is 24.3 Å². The van der Waals surface area contributed by atoms with Gasteiger partial charge in [-0.1, -0.05) is 0 Å². The van der Waals surface area contributed by atoms with Gasteiger partial charge < -0.3 is 5.11 Å². The van der Waals surface area contributed by atoms with Crippen LogP contribution in [0.4, 0.5) is 10.1 Å². The van der Waals surface area contributed by atoms with Crippen LogP contribution in [0.1, 0.15) is 19.3 Å². The third-order valence-electron chi connectivity index (χ3n) is 4.15. The molecule has 2 heterocycles. The van der Waals surface area contributed by atoms with Crippen molar-refractivity contribution in [2.45, 2.75) is 31.4 Å². The molecule has 1 aromatic rings. The first-order chi connectivity index (χ1) is 10.1. The van der Waals surface area contributed by atoms with Crippen LogP contribution in [0.3, 0.4) is 0 Å². The molecule has 0 radical (unpaired) electrons. The lowest BCUT2D eigenvalue weighted by Crippen LogP contribution is -2.46. The fraction of sp³-hybridized carbons (Fsp3) is 0.467. The SMILES string of the molecule is O=C1CC(N2CCC(O)CC2)C(=O)N1c1ccc(F)cc1. The van der Waals surface area contributed by atoms with Crippen LogP contribution in [0.25, 0.3) is 0 Å². The van der Waals surface area contributed by atoms with Gasteiger partial charge in [0, 0.05) is 13.1 Å². The Morgan fingerprint density at radius 1 is 1.10 bits per heavy atom. The minimum absolute atomic E-state index is 0.145. The Hall–Kier alpha value is -1.79. The van der Waals surface area contributed by atoms with E-state index < -0.39 is 11.9 Å². The van der Waals surface area contributed by atoms with Gasteiger partial charge in [0.15, 0.2) is 0 Å². The summed E-state index contributed by atoms with van der Waals surface area (Å²) in [5.41, 5.74) is 0.408. The minimum Gasteiger partial charge on any atom is -0.393 e. The fourth-order valence-electron chi connectivity index (χ4n) is 2.96. The van der Waals surface area contributed by atoms with Gasteiger partial charge in [0.25, 0.3) is 5.91 Å². The number of halogens is 1. The van der Waals surface area contributed by atoms with E-state index in [1.165, 1.54) is 24.3 Å². The van der Waals surface area contributed by atoms with E-state index in [1.807, 2.05) is 4.90 Å². The number of aliphatic hydroxyl groups excluding tert-OH is 1. The number of aliphatic hydroxyl groups is 1. The Morgan fingerprint density at radius 2 is 1.71 bits per heavy atom. The van der Waals surface area contributed by atoms with Crippen molar-refractivity contribution in [1.29, 1.82) is 0 Å². The number of anilines is 1. The standard InChI is InChI=1S/C15H17FN2O3/c16-10-1-3-11(4-2-10)18-14(20)9-13(15(18)21)17-7-5-12(19)6-8-17/h1-4,12-13,19H,5-9H2. The molecule has 2 fully saturated rings. The first-order valence-corrected chi connectivity index (χ1v) is 7.11. The molecule has 6 heteroatoms. The summed E-state index contributed by atoms with van der Waals surface area (Å²) in [4.78, 5) is 27.7. The van der Waals surface area contributed by atoms with E-state index in [2.05, 4.69) is 0 Å². The van der Waals surface area contributed by atoms with Crippen LogP contribution in [0.5, 0.6) is 0 Å². The predicted molar refractivity (Wildman–Crippen MR) is 74.1 cm³/mol. The zero-order chi connectivity index (χ0) is 15.0. The van der Waals surface area contributed by atoms with Crippen LogP contribution in [-0.4, -0.2) is 47.1 Å². The zero-order valence-electron chi connectivity index (χ0n) is 11.5. The van der Waals surface area contributed by atoms with Gasteiger partial charge in [-0.3, -0.25) is 14.5 Å². The van der Waals surface area contributed by atoms with E-state index in [0.29, 0.717) is 31.6 Å². The molecule has 1 unspecified atom stereocenters. The lowest BCUT2D eigenvalue weighted by Gasteiger charge is -2.32. The molecule has 2 aliphatic rings. The summed E-state index contributed by atoms with van der Waals surface area (Å²) in [5, 5.41) is 9.52. The molecule has 0 saturated carbocycles. The van der Waals surface area contributed by atoms with Crippen molar-refractivity contribution in [3.63, 3.8) is 0 Å². The number of imide groups is 1. The highest BCUT2D eigenvalue weighted by Gasteiger charge is 2.43. The number of likely N-dealkylation sites (tertiary alicyclic amines) is 1. The van der Waals surface area contributed by atoms with Crippen LogP contribution in [0.2, 0.25) is 0 Å². The molecule has 2 saturated heterocycles. The largest absolute Gasteiger partial charge is 0.393 e. The second-order valence-electron chi connectivity index (χ2n) is 5.53. The summed E-state index contributed by atoms with van der Waals surface area (Å²) in [6, 6.07) is 4.89. The second kappa shape index (κ2) is 5.54. The van der Waals surface area contributed by atoms with Crippen molar-refractivity contribution < 1.29 is 19.1 Å². The molecular formula is C15H17FN2O3. The molecular weight excluding hydrogens is 275 g/mol. The maximum atomic E-state index is 13.0. The molecule has 1 atom stereocenters. The summed E-state index contributed by atoms with van der Waals surface area (Å²) < 4.78 is 13.0. The third-order valence-corrected chi connectivity index (χ3v) is 4.15. The fourth-order valence-corrected chi connectivity index (χ4v) is 2.96. The highest BCUT2D eigenvalue weighted by atomic mass is 19.1. The van der Waals surface area contributed by atoms with Gasteiger partial charge in [0.2, 0.25) is 5.91 Å². The molecule has 0 aromatic heterocycles. The number of hydrogen-bond donors (Lipinski definition) is 1. The average Bonchev–Trinajstić information content (AvgIpc) is 2.76. The Labute approximate surface area is 122 Å².